The number of rotatable bonds is 9. The van der Waals surface area contributed by atoms with E-state index in [1.807, 2.05) is 6.92 Å². The van der Waals surface area contributed by atoms with E-state index in [0.717, 1.165) is 9.87 Å². The van der Waals surface area contributed by atoms with Gasteiger partial charge in [0.2, 0.25) is 11.8 Å². The maximum absolute atomic E-state index is 13.6. The summed E-state index contributed by atoms with van der Waals surface area (Å²) in [5, 5.41) is 3.00. The van der Waals surface area contributed by atoms with E-state index >= 15 is 0 Å². The van der Waals surface area contributed by atoms with Gasteiger partial charge < -0.3 is 10.2 Å². The Balaban J connectivity index is 2.02. The van der Waals surface area contributed by atoms with Crippen molar-refractivity contribution in [2.45, 2.75) is 31.3 Å². The van der Waals surface area contributed by atoms with Crippen LogP contribution < -0.4 is 9.62 Å². The molecule has 0 radical (unpaired) electrons. The molecular formula is C26H28ClN3O4S. The van der Waals surface area contributed by atoms with Crippen LogP contribution in [0.15, 0.2) is 83.8 Å². The topological polar surface area (TPSA) is 86.8 Å². The van der Waals surface area contributed by atoms with Crippen LogP contribution in [0.2, 0.25) is 5.02 Å². The fraction of sp³-hybridized carbons (Fsp3) is 0.231. The number of halogens is 1. The van der Waals surface area contributed by atoms with Crippen LogP contribution in [0.4, 0.5) is 5.69 Å². The average Bonchev–Trinajstić information content (AvgIpc) is 2.86. The van der Waals surface area contributed by atoms with Crippen LogP contribution in [0.25, 0.3) is 0 Å². The third-order valence-corrected chi connectivity index (χ3v) is 7.80. The SMILES string of the molecule is CNC(=O)[C@@H](C)N(Cc1ccccc1Cl)C(=O)CN(c1ccc(C)cc1)S(=O)(=O)c1ccccc1. The molecule has 0 unspecified atom stereocenters. The van der Waals surface area contributed by atoms with E-state index in [4.69, 9.17) is 11.6 Å². The lowest BCUT2D eigenvalue weighted by molar-refractivity contribution is -0.139. The molecule has 3 aromatic rings. The van der Waals surface area contributed by atoms with E-state index in [9.17, 15) is 18.0 Å². The predicted octanol–water partition coefficient (Wildman–Crippen LogP) is 4.01. The molecule has 7 nitrogen and oxygen atoms in total. The van der Waals surface area contributed by atoms with Crippen molar-refractivity contribution in [1.82, 2.24) is 10.2 Å². The van der Waals surface area contributed by atoms with E-state index in [1.165, 1.54) is 24.1 Å². The number of anilines is 1. The smallest absolute Gasteiger partial charge is 0.264 e. The van der Waals surface area contributed by atoms with Crippen molar-refractivity contribution >= 4 is 39.1 Å². The molecule has 3 rings (SSSR count). The zero-order chi connectivity index (χ0) is 25.6. The standard InChI is InChI=1S/C26H28ClN3O4S/c1-19-13-15-22(16-14-19)30(35(33,34)23-10-5-4-6-11-23)18-25(31)29(20(2)26(32)28-3)17-21-9-7-8-12-24(21)27/h4-16,20H,17-18H2,1-3H3,(H,28,32)/t20-/m1/s1. The lowest BCUT2D eigenvalue weighted by atomic mass is 10.1. The first-order valence-electron chi connectivity index (χ1n) is 11.0. The second-order valence-corrected chi connectivity index (χ2v) is 10.3. The zero-order valence-corrected chi connectivity index (χ0v) is 21.4. The summed E-state index contributed by atoms with van der Waals surface area (Å²) in [5.41, 5.74) is 1.94. The lowest BCUT2D eigenvalue weighted by Gasteiger charge is -2.32. The van der Waals surface area contributed by atoms with Gasteiger partial charge in [0.1, 0.15) is 12.6 Å². The average molecular weight is 514 g/mol. The number of nitrogens with one attached hydrogen (secondary N) is 1. The van der Waals surface area contributed by atoms with Gasteiger partial charge in [0, 0.05) is 18.6 Å². The van der Waals surface area contributed by atoms with Crippen LogP contribution in [0.3, 0.4) is 0 Å². The largest absolute Gasteiger partial charge is 0.357 e. The molecule has 0 aromatic heterocycles. The molecule has 0 spiro atoms. The first-order chi connectivity index (χ1) is 16.6. The van der Waals surface area contributed by atoms with Gasteiger partial charge in [0.05, 0.1) is 10.6 Å². The van der Waals surface area contributed by atoms with Gasteiger partial charge in [-0.1, -0.05) is 65.7 Å². The summed E-state index contributed by atoms with van der Waals surface area (Å²) in [6, 6.07) is 21.0. The second-order valence-electron chi connectivity index (χ2n) is 8.06. The molecule has 1 atom stereocenters. The second kappa shape index (κ2) is 11.4. The third-order valence-electron chi connectivity index (χ3n) is 5.64. The molecule has 3 aromatic carbocycles. The van der Waals surface area contributed by atoms with E-state index in [-0.39, 0.29) is 17.3 Å². The monoisotopic (exact) mass is 513 g/mol. The van der Waals surface area contributed by atoms with Gasteiger partial charge in [-0.25, -0.2) is 8.42 Å². The number of benzene rings is 3. The molecular weight excluding hydrogens is 486 g/mol. The van der Waals surface area contributed by atoms with Gasteiger partial charge in [-0.3, -0.25) is 13.9 Å². The number of nitrogens with zero attached hydrogens (tertiary/aromatic N) is 2. The van der Waals surface area contributed by atoms with Crippen LogP contribution in [0.1, 0.15) is 18.1 Å². The third kappa shape index (κ3) is 6.21. The molecule has 0 aliphatic carbocycles. The van der Waals surface area contributed by atoms with Crippen LogP contribution in [0, 0.1) is 6.92 Å². The number of aryl methyl sites for hydroxylation is 1. The van der Waals surface area contributed by atoms with Crippen molar-refractivity contribution in [1.29, 1.82) is 0 Å². The molecule has 0 aliphatic rings. The van der Waals surface area contributed by atoms with Crippen molar-refractivity contribution in [3.8, 4) is 0 Å². The number of likely N-dealkylation sites (N-methyl/N-ethyl adjacent to an activating group) is 1. The van der Waals surface area contributed by atoms with Crippen molar-refractivity contribution < 1.29 is 18.0 Å². The minimum atomic E-state index is -4.07. The summed E-state index contributed by atoms with van der Waals surface area (Å²) in [6.45, 7) is 3.03. The van der Waals surface area contributed by atoms with E-state index in [1.54, 1.807) is 73.7 Å². The number of carbonyl (C=O) groups excluding carboxylic acids is 2. The minimum absolute atomic E-state index is 0.0419. The van der Waals surface area contributed by atoms with Crippen LogP contribution in [0.5, 0.6) is 0 Å². The fourth-order valence-electron chi connectivity index (χ4n) is 3.56. The van der Waals surface area contributed by atoms with Crippen molar-refractivity contribution in [3.05, 3.63) is 95.0 Å². The molecule has 0 saturated heterocycles. The Bertz CT molecular complexity index is 1280. The summed E-state index contributed by atoms with van der Waals surface area (Å²) in [6.07, 6.45) is 0. The molecule has 0 fully saturated rings. The highest BCUT2D eigenvalue weighted by Crippen LogP contribution is 2.25. The first kappa shape index (κ1) is 26.2. The number of hydrogen-bond acceptors (Lipinski definition) is 4. The van der Waals surface area contributed by atoms with Crippen LogP contribution >= 0.6 is 11.6 Å². The normalized spacial score (nSPS) is 12.0. The molecule has 0 saturated carbocycles. The Labute approximate surface area is 211 Å². The minimum Gasteiger partial charge on any atom is -0.357 e. The highest BCUT2D eigenvalue weighted by molar-refractivity contribution is 7.92. The number of hydrogen-bond donors (Lipinski definition) is 1. The summed E-state index contributed by atoms with van der Waals surface area (Å²) in [4.78, 5) is 27.5. The van der Waals surface area contributed by atoms with Gasteiger partial charge in [0.15, 0.2) is 0 Å². The van der Waals surface area contributed by atoms with Gasteiger partial charge in [-0.2, -0.15) is 0 Å². The highest BCUT2D eigenvalue weighted by atomic mass is 35.5. The van der Waals surface area contributed by atoms with Gasteiger partial charge in [-0.05, 0) is 49.7 Å². The van der Waals surface area contributed by atoms with E-state index < -0.39 is 28.5 Å². The molecule has 184 valence electrons. The summed E-state index contributed by atoms with van der Waals surface area (Å²) >= 11 is 6.32. The van der Waals surface area contributed by atoms with Crippen molar-refractivity contribution in [3.63, 3.8) is 0 Å². The van der Waals surface area contributed by atoms with Crippen LogP contribution in [-0.2, 0) is 26.2 Å². The predicted molar refractivity (Wildman–Crippen MR) is 138 cm³/mol. The molecule has 2 amide bonds. The number of amides is 2. The quantitative estimate of drug-likeness (QED) is 0.468. The Hall–Kier alpha value is -3.36. The first-order valence-corrected chi connectivity index (χ1v) is 12.9. The van der Waals surface area contributed by atoms with Crippen molar-refractivity contribution in [2.24, 2.45) is 0 Å². The summed E-state index contributed by atoms with van der Waals surface area (Å²) in [7, 11) is -2.59. The summed E-state index contributed by atoms with van der Waals surface area (Å²) < 4.78 is 28.3. The van der Waals surface area contributed by atoms with Gasteiger partial charge in [0.25, 0.3) is 10.0 Å². The lowest BCUT2D eigenvalue weighted by Crippen LogP contribution is -2.50. The number of sulfonamides is 1. The maximum Gasteiger partial charge on any atom is 0.264 e. The fourth-order valence-corrected chi connectivity index (χ4v) is 5.19. The Kier molecular flexibility index (Phi) is 8.53. The Morgan fingerprint density at radius 2 is 1.54 bits per heavy atom. The Morgan fingerprint density at radius 3 is 2.14 bits per heavy atom. The zero-order valence-electron chi connectivity index (χ0n) is 19.8. The molecule has 0 aliphatic heterocycles. The molecule has 1 N–H and O–H groups in total. The van der Waals surface area contributed by atoms with E-state index in [2.05, 4.69) is 5.32 Å². The van der Waals surface area contributed by atoms with Gasteiger partial charge in [-0.15, -0.1) is 0 Å². The van der Waals surface area contributed by atoms with E-state index in [0.29, 0.717) is 16.3 Å². The van der Waals surface area contributed by atoms with Gasteiger partial charge >= 0.3 is 0 Å². The molecule has 0 heterocycles. The molecule has 35 heavy (non-hydrogen) atoms. The molecule has 9 heteroatoms. The summed E-state index contributed by atoms with van der Waals surface area (Å²) in [5.74, 6) is -0.917. The van der Waals surface area contributed by atoms with Crippen molar-refractivity contribution in [2.75, 3.05) is 17.9 Å². The highest BCUT2D eigenvalue weighted by Gasteiger charge is 2.32. The Morgan fingerprint density at radius 1 is 0.943 bits per heavy atom. The van der Waals surface area contributed by atoms with Crippen LogP contribution in [-0.4, -0.2) is 44.8 Å². The maximum atomic E-state index is 13.6. The number of carbonyl (C=O) groups is 2. The molecule has 0 bridgehead atoms.